The van der Waals surface area contributed by atoms with Gasteiger partial charge in [0.25, 0.3) is 11.5 Å². The monoisotopic (exact) mass is 386 g/mol. The van der Waals surface area contributed by atoms with E-state index >= 15 is 0 Å². The average Bonchev–Trinajstić information content (AvgIpc) is 3.10. The Morgan fingerprint density at radius 3 is 2.85 bits per heavy atom. The second kappa shape index (κ2) is 8.63. The van der Waals surface area contributed by atoms with E-state index in [0.717, 1.165) is 32.5 Å². The van der Waals surface area contributed by atoms with E-state index in [9.17, 15) is 9.59 Å². The highest BCUT2D eigenvalue weighted by molar-refractivity contribution is 7.20. The Morgan fingerprint density at radius 1 is 1.33 bits per heavy atom. The fourth-order valence-electron chi connectivity index (χ4n) is 3.19. The number of thiophene rings is 1. The number of nitrogens with one attached hydrogen (secondary N) is 1. The molecule has 0 aliphatic heterocycles. The number of fused-ring (bicyclic) bond motifs is 2. The fourth-order valence-corrected chi connectivity index (χ4v) is 4.12. The van der Waals surface area contributed by atoms with Gasteiger partial charge in [0.05, 0.1) is 10.3 Å². The first kappa shape index (κ1) is 19.5. The van der Waals surface area contributed by atoms with Gasteiger partial charge in [0.1, 0.15) is 10.5 Å². The van der Waals surface area contributed by atoms with Crippen LogP contribution in [-0.4, -0.2) is 45.9 Å². The summed E-state index contributed by atoms with van der Waals surface area (Å²) >= 11 is 1.27. The van der Waals surface area contributed by atoms with Crippen molar-refractivity contribution in [1.29, 1.82) is 0 Å². The summed E-state index contributed by atoms with van der Waals surface area (Å²) in [5.74, 6) is -0.137. The van der Waals surface area contributed by atoms with Crippen LogP contribution in [0.1, 0.15) is 43.3 Å². The quantitative estimate of drug-likeness (QED) is 0.646. The molecular formula is C20H26N4O2S. The van der Waals surface area contributed by atoms with Gasteiger partial charge in [-0.25, -0.2) is 4.98 Å². The molecule has 3 rings (SSSR count). The molecule has 0 fully saturated rings. The van der Waals surface area contributed by atoms with E-state index in [0.29, 0.717) is 20.7 Å². The topological polar surface area (TPSA) is 66.7 Å². The molecule has 7 heteroatoms. The predicted octanol–water partition coefficient (Wildman–Crippen LogP) is 3.15. The zero-order valence-electron chi connectivity index (χ0n) is 16.1. The normalized spacial score (nSPS) is 12.7. The van der Waals surface area contributed by atoms with Crippen molar-refractivity contribution in [3.05, 3.63) is 45.7 Å². The molecule has 27 heavy (non-hydrogen) atoms. The lowest BCUT2D eigenvalue weighted by molar-refractivity contribution is 0.0941. The molecule has 0 saturated heterocycles. The number of carbonyl (C=O) groups is 1. The van der Waals surface area contributed by atoms with Crippen LogP contribution in [-0.2, 0) is 0 Å². The van der Waals surface area contributed by atoms with Crippen LogP contribution in [0.25, 0.3) is 15.9 Å². The molecule has 0 aliphatic rings. The molecule has 0 spiro atoms. The Labute approximate surface area is 162 Å². The van der Waals surface area contributed by atoms with E-state index in [1.54, 1.807) is 24.4 Å². The summed E-state index contributed by atoms with van der Waals surface area (Å²) in [5, 5.41) is 3.53. The predicted molar refractivity (Wildman–Crippen MR) is 111 cm³/mol. The molecule has 6 nitrogen and oxygen atoms in total. The van der Waals surface area contributed by atoms with Crippen LogP contribution >= 0.6 is 11.3 Å². The van der Waals surface area contributed by atoms with Crippen molar-refractivity contribution in [2.75, 3.05) is 19.6 Å². The van der Waals surface area contributed by atoms with Crippen molar-refractivity contribution in [3.63, 3.8) is 0 Å². The van der Waals surface area contributed by atoms with Crippen LogP contribution in [0.15, 0.2) is 35.3 Å². The minimum absolute atomic E-state index is 0.0893. The Bertz CT molecular complexity index is 990. The lowest BCUT2D eigenvalue weighted by atomic mass is 10.1. The molecule has 1 atom stereocenters. The maximum absolute atomic E-state index is 12.6. The van der Waals surface area contributed by atoms with Crippen molar-refractivity contribution >= 4 is 33.1 Å². The lowest BCUT2D eigenvalue weighted by Crippen LogP contribution is -2.33. The van der Waals surface area contributed by atoms with Crippen LogP contribution in [0, 0.1) is 0 Å². The zero-order valence-corrected chi connectivity index (χ0v) is 16.9. The molecular weight excluding hydrogens is 360 g/mol. The highest BCUT2D eigenvalue weighted by atomic mass is 32.1. The summed E-state index contributed by atoms with van der Waals surface area (Å²) in [7, 11) is 0. The number of amides is 1. The molecule has 3 aromatic rings. The van der Waals surface area contributed by atoms with E-state index in [1.165, 1.54) is 15.7 Å². The van der Waals surface area contributed by atoms with Gasteiger partial charge < -0.3 is 10.2 Å². The fraction of sp³-hybridized carbons (Fsp3) is 0.450. The number of hydrogen-bond donors (Lipinski definition) is 1. The van der Waals surface area contributed by atoms with E-state index in [2.05, 4.69) is 29.0 Å². The average molecular weight is 387 g/mol. The van der Waals surface area contributed by atoms with Crippen LogP contribution in [0.2, 0.25) is 0 Å². The molecule has 0 saturated carbocycles. The van der Waals surface area contributed by atoms with Crippen molar-refractivity contribution in [1.82, 2.24) is 19.6 Å². The van der Waals surface area contributed by atoms with Gasteiger partial charge in [0.15, 0.2) is 0 Å². The minimum atomic E-state index is -0.141. The summed E-state index contributed by atoms with van der Waals surface area (Å²) in [6, 6.07) is 7.17. The van der Waals surface area contributed by atoms with Crippen LogP contribution in [0.3, 0.4) is 0 Å². The van der Waals surface area contributed by atoms with Gasteiger partial charge in [0, 0.05) is 12.2 Å². The Morgan fingerprint density at radius 2 is 2.11 bits per heavy atom. The standard InChI is InChI=1S/C20H26N4O2S/c1-4-23(5-2)11-8-9-14(3)21-18(25)16-13-15-19(27-16)22-17-10-6-7-12-24(17)20(15)26/h6-7,10,12-14H,4-5,8-9,11H2,1-3H3,(H,21,25). The number of carbonyl (C=O) groups excluding carboxylic acids is 1. The van der Waals surface area contributed by atoms with Gasteiger partial charge in [-0.2, -0.15) is 0 Å². The summed E-state index contributed by atoms with van der Waals surface area (Å²) in [6.07, 6.45) is 3.67. The third-order valence-electron chi connectivity index (χ3n) is 4.82. The molecule has 3 aromatic heterocycles. The number of aromatic nitrogens is 2. The number of pyridine rings is 1. The van der Waals surface area contributed by atoms with Crippen molar-refractivity contribution < 1.29 is 4.79 Å². The minimum Gasteiger partial charge on any atom is -0.349 e. The van der Waals surface area contributed by atoms with E-state index in [4.69, 9.17) is 0 Å². The smallest absolute Gasteiger partial charge is 0.266 e. The molecule has 1 amide bonds. The number of hydrogen-bond acceptors (Lipinski definition) is 5. The number of rotatable bonds is 8. The highest BCUT2D eigenvalue weighted by Crippen LogP contribution is 2.22. The number of nitrogens with zero attached hydrogens (tertiary/aromatic N) is 3. The van der Waals surface area contributed by atoms with E-state index in [1.807, 2.05) is 13.0 Å². The largest absolute Gasteiger partial charge is 0.349 e. The summed E-state index contributed by atoms with van der Waals surface area (Å²) in [6.45, 7) is 9.50. The first-order valence-corrected chi connectivity index (χ1v) is 10.3. The second-order valence-corrected chi connectivity index (χ2v) is 7.75. The van der Waals surface area contributed by atoms with Gasteiger partial charge in [-0.15, -0.1) is 11.3 Å². The van der Waals surface area contributed by atoms with E-state index < -0.39 is 0 Å². The molecule has 1 N–H and O–H groups in total. The molecule has 144 valence electrons. The van der Waals surface area contributed by atoms with Gasteiger partial charge in [0.2, 0.25) is 0 Å². The van der Waals surface area contributed by atoms with Crippen LogP contribution in [0.5, 0.6) is 0 Å². The SMILES string of the molecule is CCN(CC)CCCC(C)NC(=O)c1cc2c(=O)n3ccccc3nc2s1. The van der Waals surface area contributed by atoms with Crippen molar-refractivity contribution in [2.24, 2.45) is 0 Å². The second-order valence-electron chi connectivity index (χ2n) is 6.72. The third-order valence-corrected chi connectivity index (χ3v) is 5.85. The van der Waals surface area contributed by atoms with Crippen molar-refractivity contribution in [2.45, 2.75) is 39.7 Å². The Hall–Kier alpha value is -2.25. The molecule has 0 radical (unpaired) electrons. The molecule has 3 heterocycles. The van der Waals surface area contributed by atoms with Gasteiger partial charge in [-0.05, 0) is 57.6 Å². The molecule has 0 aromatic carbocycles. The van der Waals surface area contributed by atoms with E-state index in [-0.39, 0.29) is 17.5 Å². The van der Waals surface area contributed by atoms with Crippen molar-refractivity contribution in [3.8, 4) is 0 Å². The summed E-state index contributed by atoms with van der Waals surface area (Å²) in [4.78, 5) is 33.2. The maximum Gasteiger partial charge on any atom is 0.266 e. The molecule has 1 unspecified atom stereocenters. The van der Waals surface area contributed by atoms with Gasteiger partial charge >= 0.3 is 0 Å². The summed E-state index contributed by atoms with van der Waals surface area (Å²) in [5.41, 5.74) is 0.451. The Balaban J connectivity index is 1.70. The lowest BCUT2D eigenvalue weighted by Gasteiger charge is -2.19. The first-order valence-electron chi connectivity index (χ1n) is 9.47. The zero-order chi connectivity index (χ0) is 19.4. The Kier molecular flexibility index (Phi) is 6.23. The first-order chi connectivity index (χ1) is 13.0. The van der Waals surface area contributed by atoms with Crippen LogP contribution < -0.4 is 10.9 Å². The molecule has 0 aliphatic carbocycles. The third kappa shape index (κ3) is 4.36. The summed E-state index contributed by atoms with van der Waals surface area (Å²) < 4.78 is 1.51. The van der Waals surface area contributed by atoms with Gasteiger partial charge in [-0.3, -0.25) is 14.0 Å². The van der Waals surface area contributed by atoms with Gasteiger partial charge in [-0.1, -0.05) is 19.9 Å². The maximum atomic E-state index is 12.6. The molecule has 0 bridgehead atoms. The van der Waals surface area contributed by atoms with Crippen LogP contribution in [0.4, 0.5) is 0 Å². The highest BCUT2D eigenvalue weighted by Gasteiger charge is 2.16.